The summed E-state index contributed by atoms with van der Waals surface area (Å²) in [5.74, 6) is -0.244. The fourth-order valence-corrected chi connectivity index (χ4v) is 2.34. The van der Waals surface area contributed by atoms with Crippen LogP contribution in [0, 0.1) is 12.7 Å². The van der Waals surface area contributed by atoms with Gasteiger partial charge in [0.15, 0.2) is 0 Å². The zero-order valence-corrected chi connectivity index (χ0v) is 13.6. The zero-order chi connectivity index (χ0) is 17.8. The number of aryl methyl sites for hydroxylation is 1. The lowest BCUT2D eigenvalue weighted by Crippen LogP contribution is -2.35. The Balaban J connectivity index is 1.54. The predicted octanol–water partition coefficient (Wildman–Crippen LogP) is 1.95. The molecule has 0 aliphatic rings. The van der Waals surface area contributed by atoms with E-state index in [2.05, 4.69) is 10.3 Å². The standard InChI is InChI=1S/C18H18FN3O3/c1-12-2-7-17-20-9-16(22(17)10-12)18(24)21-8-14(23)11-25-15-5-3-13(19)4-6-15/h2-7,9-10,14,23H,8,11H2,1H3,(H,21,24). The highest BCUT2D eigenvalue weighted by Crippen LogP contribution is 2.11. The molecular formula is C18H18FN3O3. The molecule has 0 aliphatic carbocycles. The Kier molecular flexibility index (Phi) is 4.95. The summed E-state index contributed by atoms with van der Waals surface area (Å²) in [7, 11) is 0. The molecule has 3 aromatic rings. The summed E-state index contributed by atoms with van der Waals surface area (Å²) in [5, 5.41) is 12.6. The monoisotopic (exact) mass is 343 g/mol. The molecule has 3 rings (SSSR count). The average molecular weight is 343 g/mol. The first-order chi connectivity index (χ1) is 12.0. The van der Waals surface area contributed by atoms with Crippen LogP contribution in [0.2, 0.25) is 0 Å². The van der Waals surface area contributed by atoms with Crippen LogP contribution in [0.5, 0.6) is 5.75 Å². The highest BCUT2D eigenvalue weighted by atomic mass is 19.1. The number of nitrogens with one attached hydrogen (secondary N) is 1. The van der Waals surface area contributed by atoms with Gasteiger partial charge in [-0.15, -0.1) is 0 Å². The summed E-state index contributed by atoms with van der Waals surface area (Å²) >= 11 is 0. The average Bonchev–Trinajstić information content (AvgIpc) is 3.02. The maximum absolute atomic E-state index is 12.8. The molecule has 2 heterocycles. The SMILES string of the molecule is Cc1ccc2ncc(C(=O)NCC(O)COc3ccc(F)cc3)n2c1. The number of hydrogen-bond acceptors (Lipinski definition) is 4. The summed E-state index contributed by atoms with van der Waals surface area (Å²) in [6.07, 6.45) is 2.42. The van der Waals surface area contributed by atoms with Crippen molar-refractivity contribution < 1.29 is 19.0 Å². The van der Waals surface area contributed by atoms with Crippen molar-refractivity contribution in [2.75, 3.05) is 13.2 Å². The molecule has 7 heteroatoms. The van der Waals surface area contributed by atoms with E-state index in [1.54, 1.807) is 4.40 Å². The molecule has 0 aliphatic heterocycles. The van der Waals surface area contributed by atoms with Gasteiger partial charge in [-0.2, -0.15) is 0 Å². The van der Waals surface area contributed by atoms with E-state index in [-0.39, 0.29) is 24.9 Å². The first-order valence-corrected chi connectivity index (χ1v) is 7.81. The summed E-state index contributed by atoms with van der Waals surface area (Å²) in [4.78, 5) is 16.5. The van der Waals surface area contributed by atoms with E-state index in [9.17, 15) is 14.3 Å². The lowest BCUT2D eigenvalue weighted by Gasteiger charge is -2.13. The Bertz CT molecular complexity index is 877. The predicted molar refractivity (Wildman–Crippen MR) is 90.2 cm³/mol. The number of nitrogens with zero attached hydrogens (tertiary/aromatic N) is 2. The molecule has 0 saturated carbocycles. The number of rotatable bonds is 6. The topological polar surface area (TPSA) is 75.9 Å². The molecule has 1 aromatic carbocycles. The lowest BCUT2D eigenvalue weighted by molar-refractivity contribution is 0.0839. The smallest absolute Gasteiger partial charge is 0.270 e. The Morgan fingerprint density at radius 3 is 2.84 bits per heavy atom. The third-order valence-electron chi connectivity index (χ3n) is 3.64. The van der Waals surface area contributed by atoms with Gasteiger partial charge in [0.1, 0.15) is 35.6 Å². The largest absolute Gasteiger partial charge is 0.491 e. The molecular weight excluding hydrogens is 325 g/mol. The van der Waals surface area contributed by atoms with Crippen LogP contribution in [-0.2, 0) is 0 Å². The highest BCUT2D eigenvalue weighted by molar-refractivity contribution is 5.93. The summed E-state index contributed by atoms with van der Waals surface area (Å²) in [5.41, 5.74) is 2.08. The van der Waals surface area contributed by atoms with Crippen molar-refractivity contribution in [3.8, 4) is 5.75 Å². The van der Waals surface area contributed by atoms with Gasteiger partial charge in [-0.05, 0) is 42.8 Å². The molecule has 0 spiro atoms. The van der Waals surface area contributed by atoms with Gasteiger partial charge in [0.2, 0.25) is 0 Å². The van der Waals surface area contributed by atoms with Gasteiger partial charge in [-0.3, -0.25) is 9.20 Å². The number of hydrogen-bond donors (Lipinski definition) is 2. The fraction of sp³-hybridized carbons (Fsp3) is 0.222. The number of carbonyl (C=O) groups excluding carboxylic acids is 1. The lowest BCUT2D eigenvalue weighted by atomic mass is 10.3. The number of halogens is 1. The number of aliphatic hydroxyl groups is 1. The number of amides is 1. The third-order valence-corrected chi connectivity index (χ3v) is 3.64. The van der Waals surface area contributed by atoms with Gasteiger partial charge in [-0.1, -0.05) is 6.07 Å². The van der Waals surface area contributed by atoms with Gasteiger partial charge in [0, 0.05) is 12.7 Å². The molecule has 0 radical (unpaired) electrons. The van der Waals surface area contributed by atoms with Crippen molar-refractivity contribution in [1.82, 2.24) is 14.7 Å². The minimum atomic E-state index is -0.894. The normalized spacial score (nSPS) is 12.1. The van der Waals surface area contributed by atoms with E-state index in [1.165, 1.54) is 30.5 Å². The molecule has 1 atom stereocenters. The van der Waals surface area contributed by atoms with Crippen LogP contribution in [0.4, 0.5) is 4.39 Å². The summed E-state index contributed by atoms with van der Waals surface area (Å²) in [6.45, 7) is 1.94. The van der Waals surface area contributed by atoms with Crippen LogP contribution < -0.4 is 10.1 Å². The molecule has 6 nitrogen and oxygen atoms in total. The second-order valence-corrected chi connectivity index (χ2v) is 5.71. The van der Waals surface area contributed by atoms with E-state index in [0.29, 0.717) is 17.1 Å². The van der Waals surface area contributed by atoms with Crippen LogP contribution >= 0.6 is 0 Å². The van der Waals surface area contributed by atoms with Crippen LogP contribution in [0.1, 0.15) is 16.1 Å². The van der Waals surface area contributed by atoms with E-state index < -0.39 is 6.10 Å². The summed E-state index contributed by atoms with van der Waals surface area (Å²) < 4.78 is 19.9. The van der Waals surface area contributed by atoms with E-state index >= 15 is 0 Å². The Morgan fingerprint density at radius 2 is 2.08 bits per heavy atom. The molecule has 0 fully saturated rings. The van der Waals surface area contributed by atoms with Crippen LogP contribution in [0.3, 0.4) is 0 Å². The number of pyridine rings is 1. The van der Waals surface area contributed by atoms with Crippen molar-refractivity contribution in [3.05, 3.63) is 65.9 Å². The van der Waals surface area contributed by atoms with Crippen LogP contribution in [-0.4, -0.2) is 39.7 Å². The van der Waals surface area contributed by atoms with Gasteiger partial charge in [-0.25, -0.2) is 9.37 Å². The van der Waals surface area contributed by atoms with Crippen LogP contribution in [0.15, 0.2) is 48.8 Å². The quantitative estimate of drug-likeness (QED) is 0.717. The number of imidazole rings is 1. The van der Waals surface area contributed by atoms with E-state index in [4.69, 9.17) is 4.74 Å². The second kappa shape index (κ2) is 7.31. The molecule has 25 heavy (non-hydrogen) atoms. The van der Waals surface area contributed by atoms with Gasteiger partial charge < -0.3 is 15.2 Å². The van der Waals surface area contributed by atoms with E-state index in [0.717, 1.165) is 5.56 Å². The molecule has 1 amide bonds. The maximum Gasteiger partial charge on any atom is 0.270 e. The van der Waals surface area contributed by atoms with Gasteiger partial charge in [0.25, 0.3) is 5.91 Å². The number of ether oxygens (including phenoxy) is 1. The molecule has 2 aromatic heterocycles. The number of fused-ring (bicyclic) bond motifs is 1. The number of benzene rings is 1. The number of aliphatic hydroxyl groups excluding tert-OH is 1. The van der Waals surface area contributed by atoms with Crippen molar-refractivity contribution in [2.24, 2.45) is 0 Å². The fourth-order valence-electron chi connectivity index (χ4n) is 2.34. The number of aromatic nitrogens is 2. The maximum atomic E-state index is 12.8. The minimum Gasteiger partial charge on any atom is -0.491 e. The molecule has 130 valence electrons. The van der Waals surface area contributed by atoms with Crippen molar-refractivity contribution in [2.45, 2.75) is 13.0 Å². The number of carbonyl (C=O) groups is 1. The Morgan fingerprint density at radius 1 is 1.32 bits per heavy atom. The van der Waals surface area contributed by atoms with Crippen molar-refractivity contribution >= 4 is 11.6 Å². The highest BCUT2D eigenvalue weighted by Gasteiger charge is 2.14. The molecule has 1 unspecified atom stereocenters. The Labute approximate surface area is 143 Å². The molecule has 0 saturated heterocycles. The van der Waals surface area contributed by atoms with E-state index in [1.807, 2.05) is 25.3 Å². The van der Waals surface area contributed by atoms with Gasteiger partial charge in [0.05, 0.1) is 6.20 Å². The van der Waals surface area contributed by atoms with Crippen molar-refractivity contribution in [1.29, 1.82) is 0 Å². The van der Waals surface area contributed by atoms with Gasteiger partial charge >= 0.3 is 0 Å². The second-order valence-electron chi connectivity index (χ2n) is 5.71. The van der Waals surface area contributed by atoms with Crippen LogP contribution in [0.25, 0.3) is 5.65 Å². The summed E-state index contributed by atoms with van der Waals surface area (Å²) in [6, 6.07) is 9.24. The first kappa shape index (κ1) is 16.9. The molecule has 0 bridgehead atoms. The Hall–Kier alpha value is -2.93. The third kappa shape index (κ3) is 4.13. The van der Waals surface area contributed by atoms with Crippen molar-refractivity contribution in [3.63, 3.8) is 0 Å². The zero-order valence-electron chi connectivity index (χ0n) is 13.6. The first-order valence-electron chi connectivity index (χ1n) is 7.81. The molecule has 2 N–H and O–H groups in total. The minimum absolute atomic E-state index is 0.0157.